The minimum atomic E-state index is -0.759. The third-order valence-electron chi connectivity index (χ3n) is 6.63. The Morgan fingerprint density at radius 1 is 0.735 bits per heavy atom. The molecule has 1 aromatic rings. The first-order chi connectivity index (χ1) is 16.8. The SMILES string of the molecule is N#CC(O)CCCCCCCCCCCCCCCCC=CCCCCCc1ccc(C=O)[nH]1. The average Bonchev–Trinajstić information content (AvgIpc) is 3.32. The molecule has 0 saturated heterocycles. The van der Waals surface area contributed by atoms with Gasteiger partial charge < -0.3 is 10.1 Å². The summed E-state index contributed by atoms with van der Waals surface area (Å²) in [6.07, 6.45) is 31.1. The van der Waals surface area contributed by atoms with Crippen molar-refractivity contribution in [3.63, 3.8) is 0 Å². The number of hydrogen-bond donors (Lipinski definition) is 2. The van der Waals surface area contributed by atoms with Gasteiger partial charge in [-0.1, -0.05) is 95.6 Å². The summed E-state index contributed by atoms with van der Waals surface area (Å²) >= 11 is 0. The fourth-order valence-electron chi connectivity index (χ4n) is 4.45. The van der Waals surface area contributed by atoms with Crippen LogP contribution in [0.4, 0.5) is 0 Å². The standard InChI is InChI=1S/C30H50N2O2/c31-26-30(34)23-21-19-17-15-13-11-9-7-5-3-1-2-4-6-8-10-12-14-16-18-20-22-28-24-25-29(27-33)32-28/h10,12,24-25,27,30,32,34H,1-9,11,13-23H2. The zero-order valence-electron chi connectivity index (χ0n) is 21.6. The van der Waals surface area contributed by atoms with E-state index in [4.69, 9.17) is 5.26 Å². The molecule has 0 aliphatic carbocycles. The number of aliphatic hydroxyl groups is 1. The van der Waals surface area contributed by atoms with Gasteiger partial charge in [0.1, 0.15) is 6.10 Å². The maximum Gasteiger partial charge on any atom is 0.166 e. The molecule has 0 bridgehead atoms. The average molecular weight is 471 g/mol. The topological polar surface area (TPSA) is 76.9 Å². The van der Waals surface area contributed by atoms with Gasteiger partial charge in [-0.15, -0.1) is 0 Å². The number of carbonyl (C=O) groups excluding carboxylic acids is 1. The number of carbonyl (C=O) groups is 1. The molecular formula is C30H50N2O2. The zero-order valence-corrected chi connectivity index (χ0v) is 21.6. The number of H-pyrrole nitrogens is 1. The molecule has 2 N–H and O–H groups in total. The van der Waals surface area contributed by atoms with Crippen LogP contribution in [0.3, 0.4) is 0 Å². The molecule has 4 heteroatoms. The fraction of sp³-hybridized carbons (Fsp3) is 0.733. The molecule has 0 amide bonds. The first-order valence-corrected chi connectivity index (χ1v) is 14.1. The second-order valence-corrected chi connectivity index (χ2v) is 9.80. The van der Waals surface area contributed by atoms with Crippen molar-refractivity contribution in [2.45, 2.75) is 141 Å². The quantitative estimate of drug-likeness (QED) is 0.0687. The summed E-state index contributed by atoms with van der Waals surface area (Å²) in [5.74, 6) is 0. The van der Waals surface area contributed by atoms with E-state index in [9.17, 15) is 9.90 Å². The maximum atomic E-state index is 10.7. The van der Waals surface area contributed by atoms with Crippen molar-refractivity contribution >= 4 is 6.29 Å². The van der Waals surface area contributed by atoms with Crippen molar-refractivity contribution in [1.29, 1.82) is 5.26 Å². The number of nitrogens with one attached hydrogen (secondary N) is 1. The number of aliphatic hydroxyl groups excluding tert-OH is 1. The number of hydrogen-bond acceptors (Lipinski definition) is 3. The first-order valence-electron chi connectivity index (χ1n) is 14.1. The Hall–Kier alpha value is -1.86. The summed E-state index contributed by atoms with van der Waals surface area (Å²) in [5.41, 5.74) is 1.85. The Balaban J connectivity index is 1.72. The summed E-state index contributed by atoms with van der Waals surface area (Å²) in [5, 5.41) is 17.7. The monoisotopic (exact) mass is 470 g/mol. The molecule has 0 aromatic carbocycles. The number of allylic oxidation sites excluding steroid dienone is 2. The lowest BCUT2D eigenvalue weighted by Crippen LogP contribution is -2.01. The summed E-state index contributed by atoms with van der Waals surface area (Å²) in [7, 11) is 0. The molecular weight excluding hydrogens is 420 g/mol. The van der Waals surface area contributed by atoms with E-state index in [0.717, 1.165) is 25.5 Å². The van der Waals surface area contributed by atoms with Gasteiger partial charge in [0.05, 0.1) is 11.8 Å². The Morgan fingerprint density at radius 3 is 1.68 bits per heavy atom. The van der Waals surface area contributed by atoms with E-state index in [1.165, 1.54) is 115 Å². The number of nitrogens with zero attached hydrogens (tertiary/aromatic N) is 1. The van der Waals surface area contributed by atoms with E-state index in [-0.39, 0.29) is 0 Å². The Morgan fingerprint density at radius 2 is 1.21 bits per heavy atom. The van der Waals surface area contributed by atoms with E-state index < -0.39 is 6.10 Å². The van der Waals surface area contributed by atoms with E-state index >= 15 is 0 Å². The van der Waals surface area contributed by atoms with E-state index in [1.807, 2.05) is 18.2 Å². The first kappa shape index (κ1) is 30.2. The van der Waals surface area contributed by atoms with Crippen LogP contribution in [-0.4, -0.2) is 22.5 Å². The van der Waals surface area contributed by atoms with Crippen LogP contribution in [-0.2, 0) is 6.42 Å². The number of aromatic nitrogens is 1. The van der Waals surface area contributed by atoms with Crippen molar-refractivity contribution in [3.05, 3.63) is 35.7 Å². The lowest BCUT2D eigenvalue weighted by Gasteiger charge is -2.04. The van der Waals surface area contributed by atoms with Gasteiger partial charge in [-0.25, -0.2) is 0 Å². The van der Waals surface area contributed by atoms with Crippen LogP contribution in [0.5, 0.6) is 0 Å². The van der Waals surface area contributed by atoms with Crippen molar-refractivity contribution in [2.75, 3.05) is 0 Å². The molecule has 0 aliphatic rings. The van der Waals surface area contributed by atoms with Crippen molar-refractivity contribution in [3.8, 4) is 6.07 Å². The molecule has 4 nitrogen and oxygen atoms in total. The van der Waals surface area contributed by atoms with Gasteiger partial charge in [0.25, 0.3) is 0 Å². The van der Waals surface area contributed by atoms with Gasteiger partial charge in [0.2, 0.25) is 0 Å². The third kappa shape index (κ3) is 18.6. The fourth-order valence-corrected chi connectivity index (χ4v) is 4.45. The predicted octanol–water partition coefficient (Wildman–Crippen LogP) is 8.61. The molecule has 192 valence electrons. The second-order valence-electron chi connectivity index (χ2n) is 9.80. The van der Waals surface area contributed by atoms with Crippen molar-refractivity contribution in [1.82, 2.24) is 4.98 Å². The molecule has 0 spiro atoms. The van der Waals surface area contributed by atoms with Gasteiger partial charge in [0.15, 0.2) is 6.29 Å². The van der Waals surface area contributed by atoms with Crippen LogP contribution in [0.25, 0.3) is 0 Å². The maximum absolute atomic E-state index is 10.7. The molecule has 1 atom stereocenters. The highest BCUT2D eigenvalue weighted by atomic mass is 16.3. The highest BCUT2D eigenvalue weighted by Crippen LogP contribution is 2.14. The second kappa shape index (κ2) is 22.9. The largest absolute Gasteiger partial charge is 0.378 e. The minimum absolute atomic E-state index is 0.635. The van der Waals surface area contributed by atoms with E-state index in [2.05, 4.69) is 17.1 Å². The molecule has 1 unspecified atom stereocenters. The Kier molecular flexibility index (Phi) is 20.3. The summed E-state index contributed by atoms with van der Waals surface area (Å²) < 4.78 is 0. The molecule has 1 heterocycles. The van der Waals surface area contributed by atoms with Crippen LogP contribution in [0.2, 0.25) is 0 Å². The van der Waals surface area contributed by atoms with E-state index in [0.29, 0.717) is 12.1 Å². The number of aldehydes is 1. The van der Waals surface area contributed by atoms with Gasteiger partial charge in [-0.05, 0) is 63.5 Å². The summed E-state index contributed by atoms with van der Waals surface area (Å²) in [6, 6.07) is 5.75. The van der Waals surface area contributed by atoms with Gasteiger partial charge in [-0.2, -0.15) is 5.26 Å². The van der Waals surface area contributed by atoms with Gasteiger partial charge >= 0.3 is 0 Å². The Bertz CT molecular complexity index is 659. The van der Waals surface area contributed by atoms with Gasteiger partial charge in [-0.3, -0.25) is 4.79 Å². The van der Waals surface area contributed by atoms with E-state index in [1.54, 1.807) is 0 Å². The van der Waals surface area contributed by atoms with Crippen LogP contribution in [0.1, 0.15) is 145 Å². The summed E-state index contributed by atoms with van der Waals surface area (Å²) in [4.78, 5) is 13.8. The smallest absolute Gasteiger partial charge is 0.166 e. The van der Waals surface area contributed by atoms with Gasteiger partial charge in [0, 0.05) is 5.69 Å². The normalized spacial score (nSPS) is 12.2. The number of rotatable bonds is 24. The molecule has 0 fully saturated rings. The summed E-state index contributed by atoms with van der Waals surface area (Å²) in [6.45, 7) is 0. The molecule has 0 aliphatic heterocycles. The number of aromatic amines is 1. The van der Waals surface area contributed by atoms with Crippen molar-refractivity contribution < 1.29 is 9.90 Å². The number of aryl methyl sites for hydroxylation is 1. The molecule has 1 rings (SSSR count). The highest BCUT2D eigenvalue weighted by Gasteiger charge is 2.00. The highest BCUT2D eigenvalue weighted by molar-refractivity contribution is 5.71. The third-order valence-corrected chi connectivity index (χ3v) is 6.63. The molecule has 0 saturated carbocycles. The lowest BCUT2D eigenvalue weighted by molar-refractivity contribution is 0.111. The van der Waals surface area contributed by atoms with Crippen LogP contribution >= 0.6 is 0 Å². The molecule has 34 heavy (non-hydrogen) atoms. The Labute approximate surface area is 209 Å². The van der Waals surface area contributed by atoms with Crippen LogP contribution in [0, 0.1) is 11.3 Å². The zero-order chi connectivity index (χ0) is 24.5. The molecule has 1 aromatic heterocycles. The minimum Gasteiger partial charge on any atom is -0.378 e. The number of unbranched alkanes of at least 4 members (excludes halogenated alkanes) is 17. The van der Waals surface area contributed by atoms with Crippen LogP contribution in [0.15, 0.2) is 24.3 Å². The van der Waals surface area contributed by atoms with Crippen molar-refractivity contribution in [2.24, 2.45) is 0 Å². The molecule has 0 radical (unpaired) electrons. The number of nitriles is 1. The lowest BCUT2D eigenvalue weighted by atomic mass is 10.0. The van der Waals surface area contributed by atoms with Crippen LogP contribution < -0.4 is 0 Å². The predicted molar refractivity (Wildman–Crippen MR) is 143 cm³/mol.